The molecule has 0 amide bonds. The minimum Gasteiger partial charge on any atom is -0.489 e. The molecule has 0 N–H and O–H groups in total. The molecule has 0 fully saturated rings. The van der Waals surface area contributed by atoms with Crippen LogP contribution < -0.4 is 4.74 Å². The van der Waals surface area contributed by atoms with Crippen LogP contribution in [0.5, 0.6) is 5.75 Å². The second kappa shape index (κ2) is 8.37. The highest BCUT2D eigenvalue weighted by Gasteiger charge is 2.32. The highest BCUT2D eigenvalue weighted by molar-refractivity contribution is 8.16. The number of carbonyl (C=O) groups is 1. The molecule has 0 saturated heterocycles. The lowest BCUT2D eigenvalue weighted by atomic mass is 9.91. The fourth-order valence-corrected chi connectivity index (χ4v) is 6.38. The summed E-state index contributed by atoms with van der Waals surface area (Å²) in [4.78, 5) is 16.5. The smallest absolute Gasteiger partial charge is 0.175 e. The zero-order valence-electron chi connectivity index (χ0n) is 17.0. The van der Waals surface area contributed by atoms with Gasteiger partial charge in [-0.3, -0.25) is 4.79 Å². The van der Waals surface area contributed by atoms with E-state index in [4.69, 9.17) is 4.74 Å². The molecule has 2 unspecified atom stereocenters. The average Bonchev–Trinajstić information content (AvgIpc) is 2.84. The Morgan fingerprint density at radius 3 is 2.48 bits per heavy atom. The third-order valence-corrected chi connectivity index (χ3v) is 7.95. The minimum atomic E-state index is -0.279. The number of benzene rings is 3. The van der Waals surface area contributed by atoms with Gasteiger partial charge in [0.1, 0.15) is 12.4 Å². The second-order valence-corrected chi connectivity index (χ2v) is 9.49. The molecule has 3 aromatic carbocycles. The van der Waals surface area contributed by atoms with Gasteiger partial charge in [-0.25, -0.2) is 0 Å². The Kier molecular flexibility index (Phi) is 5.27. The lowest BCUT2D eigenvalue weighted by Crippen LogP contribution is -2.27. The molecule has 2 nitrogen and oxygen atoms in total. The molecular formula is C28H22O2S. The number of Topliss-reactive ketones (excluding diaryl/α,β-unsaturated/α-hetero) is 1. The number of rotatable bonds is 5. The zero-order valence-corrected chi connectivity index (χ0v) is 17.8. The first-order valence-electron chi connectivity index (χ1n) is 10.3. The number of allylic oxidation sites excluding steroid dienone is 4. The molecule has 1 aliphatic carbocycles. The van der Waals surface area contributed by atoms with E-state index in [1.165, 1.54) is 9.76 Å². The number of hydrogen-bond donors (Lipinski definition) is 0. The van der Waals surface area contributed by atoms with Gasteiger partial charge in [-0.05, 0) is 46.3 Å². The van der Waals surface area contributed by atoms with Crippen LogP contribution in [-0.2, 0) is 6.61 Å². The third kappa shape index (κ3) is 3.73. The first-order valence-corrected chi connectivity index (χ1v) is 11.5. The van der Waals surface area contributed by atoms with Crippen LogP contribution in [-0.4, -0.2) is 10.6 Å². The van der Waals surface area contributed by atoms with Crippen LogP contribution in [0, 0.1) is 5.92 Å². The van der Waals surface area contributed by atoms with Gasteiger partial charge in [0.2, 0.25) is 0 Å². The summed E-state index contributed by atoms with van der Waals surface area (Å²) in [6, 6.07) is 24.5. The molecule has 0 bridgehead atoms. The van der Waals surface area contributed by atoms with Crippen molar-refractivity contribution in [2.24, 2.45) is 5.92 Å². The van der Waals surface area contributed by atoms with Gasteiger partial charge < -0.3 is 4.74 Å². The summed E-state index contributed by atoms with van der Waals surface area (Å²) >= 11 is 0. The second-order valence-electron chi connectivity index (χ2n) is 7.50. The van der Waals surface area contributed by atoms with Crippen LogP contribution >= 0.6 is 10.5 Å². The molecule has 1 aliphatic heterocycles. The molecule has 0 spiro atoms. The van der Waals surface area contributed by atoms with Gasteiger partial charge in [0, 0.05) is 15.4 Å². The Morgan fingerprint density at radius 2 is 1.71 bits per heavy atom. The van der Waals surface area contributed by atoms with E-state index < -0.39 is 0 Å². The van der Waals surface area contributed by atoms with Crippen molar-refractivity contribution in [3.05, 3.63) is 120 Å². The number of hydrogen-bond acceptors (Lipinski definition) is 2. The molecule has 2 atom stereocenters. The Balaban J connectivity index is 1.44. The van der Waals surface area contributed by atoms with Gasteiger partial charge in [0.15, 0.2) is 5.78 Å². The number of ether oxygens (including phenoxy) is 1. The molecule has 0 saturated carbocycles. The number of ketones is 1. The van der Waals surface area contributed by atoms with Crippen molar-refractivity contribution in [1.29, 1.82) is 0 Å². The van der Waals surface area contributed by atoms with Gasteiger partial charge in [0.25, 0.3) is 0 Å². The summed E-state index contributed by atoms with van der Waals surface area (Å²) < 4.78 is 5.99. The summed E-state index contributed by atoms with van der Waals surface area (Å²) in [6.45, 7) is 4.31. The Hall–Kier alpha value is -3.43. The molecule has 0 aromatic heterocycles. The van der Waals surface area contributed by atoms with Crippen molar-refractivity contribution in [1.82, 2.24) is 0 Å². The molecule has 5 rings (SSSR count). The summed E-state index contributed by atoms with van der Waals surface area (Å²) in [6.07, 6.45) is 9.96. The molecule has 152 valence electrons. The van der Waals surface area contributed by atoms with E-state index in [9.17, 15) is 4.79 Å². The van der Waals surface area contributed by atoms with Crippen LogP contribution in [0.15, 0.2) is 113 Å². The maximum absolute atomic E-state index is 13.0. The Labute approximate surface area is 185 Å². The van der Waals surface area contributed by atoms with Crippen molar-refractivity contribution in [2.45, 2.75) is 16.4 Å². The van der Waals surface area contributed by atoms with Crippen LogP contribution in [0.4, 0.5) is 0 Å². The van der Waals surface area contributed by atoms with Crippen LogP contribution in [0.3, 0.4) is 0 Å². The van der Waals surface area contributed by atoms with Crippen LogP contribution in [0.25, 0.3) is 6.08 Å². The lowest BCUT2D eigenvalue weighted by Gasteiger charge is -2.28. The summed E-state index contributed by atoms with van der Waals surface area (Å²) in [5, 5.41) is 0. The fraction of sp³-hybridized carbons (Fsp3) is 0.0714. The average molecular weight is 423 g/mol. The van der Waals surface area contributed by atoms with Gasteiger partial charge in [-0.15, -0.1) is 10.5 Å². The van der Waals surface area contributed by atoms with Crippen LogP contribution in [0.1, 0.15) is 21.5 Å². The molecule has 1 heterocycles. The number of carbonyl (C=O) groups excluding carboxylic acids is 1. The molecule has 2 aliphatic rings. The molecule has 0 radical (unpaired) electrons. The largest absolute Gasteiger partial charge is 0.489 e. The van der Waals surface area contributed by atoms with E-state index in [1.807, 2.05) is 66.8 Å². The summed E-state index contributed by atoms with van der Waals surface area (Å²) in [5.74, 6) is 0.859. The zero-order chi connectivity index (χ0) is 21.2. The fourth-order valence-electron chi connectivity index (χ4n) is 3.93. The van der Waals surface area contributed by atoms with E-state index in [1.54, 1.807) is 0 Å². The normalized spacial score (nSPS) is 19.0. The first kappa shape index (κ1) is 19.5. The van der Waals surface area contributed by atoms with E-state index in [-0.39, 0.29) is 22.2 Å². The highest BCUT2D eigenvalue weighted by Crippen LogP contribution is 2.46. The van der Waals surface area contributed by atoms with Crippen molar-refractivity contribution < 1.29 is 9.53 Å². The van der Waals surface area contributed by atoms with Crippen molar-refractivity contribution in [3.8, 4) is 5.75 Å². The Morgan fingerprint density at radius 1 is 0.935 bits per heavy atom. The SMILES string of the molecule is C=Cc1ccc(COc2ccc(S3=C4C=CC=CC4C(=O)c4ccccc43)cc2)cc1. The first-order chi connectivity index (χ1) is 15.2. The molecule has 3 heteroatoms. The predicted molar refractivity (Wildman–Crippen MR) is 129 cm³/mol. The van der Waals surface area contributed by atoms with Crippen molar-refractivity contribution >= 4 is 27.2 Å². The monoisotopic (exact) mass is 422 g/mol. The van der Waals surface area contributed by atoms with E-state index >= 15 is 0 Å². The van der Waals surface area contributed by atoms with Gasteiger partial charge in [0.05, 0.1) is 5.92 Å². The summed E-state index contributed by atoms with van der Waals surface area (Å²) in [7, 11) is -0.279. The predicted octanol–water partition coefficient (Wildman–Crippen LogP) is 6.71. The van der Waals surface area contributed by atoms with Gasteiger partial charge in [-0.1, -0.05) is 79.4 Å². The van der Waals surface area contributed by atoms with E-state index in [0.29, 0.717) is 6.61 Å². The standard InChI is InChI=1S/C28H22O2S/c1-2-20-11-13-21(14-12-20)19-30-22-15-17-23(18-16-22)31-26-9-5-3-7-24(26)28(29)25-8-4-6-10-27(25)31/h2-18,24H,1,19H2. The maximum atomic E-state index is 13.0. The van der Waals surface area contributed by atoms with Gasteiger partial charge in [-0.2, -0.15) is 0 Å². The molecular weight excluding hydrogens is 400 g/mol. The van der Waals surface area contributed by atoms with Crippen molar-refractivity contribution in [3.63, 3.8) is 0 Å². The quantitative estimate of drug-likeness (QED) is 0.427. The summed E-state index contributed by atoms with van der Waals surface area (Å²) in [5.41, 5.74) is 3.05. The Bertz CT molecular complexity index is 1240. The third-order valence-electron chi connectivity index (χ3n) is 5.55. The van der Waals surface area contributed by atoms with Crippen molar-refractivity contribution in [2.75, 3.05) is 0 Å². The van der Waals surface area contributed by atoms with E-state index in [0.717, 1.165) is 27.3 Å². The minimum absolute atomic E-state index is 0.169. The van der Waals surface area contributed by atoms with Crippen LogP contribution in [0.2, 0.25) is 0 Å². The maximum Gasteiger partial charge on any atom is 0.175 e. The number of fused-ring (bicyclic) bond motifs is 2. The molecule has 31 heavy (non-hydrogen) atoms. The van der Waals surface area contributed by atoms with E-state index in [2.05, 4.69) is 43.0 Å². The molecule has 3 aromatic rings. The lowest BCUT2D eigenvalue weighted by molar-refractivity contribution is 0.0969. The topological polar surface area (TPSA) is 26.3 Å². The van der Waals surface area contributed by atoms with Gasteiger partial charge >= 0.3 is 0 Å². The highest BCUT2D eigenvalue weighted by atomic mass is 32.2.